The second-order valence-corrected chi connectivity index (χ2v) is 0.811. The molecule has 0 aromatic heterocycles. The normalized spacial score (nSPS) is 15.8. The SMILES string of the molecule is CC([NH3+])[O-]. The first-order chi connectivity index (χ1) is 1.73. The predicted molar refractivity (Wildman–Crippen MR) is 12.4 cm³/mol. The summed E-state index contributed by atoms with van der Waals surface area (Å²) in [4.78, 5) is 0. The van der Waals surface area contributed by atoms with Gasteiger partial charge in [0, 0.05) is 6.23 Å². The summed E-state index contributed by atoms with van der Waals surface area (Å²) < 4.78 is 0. The van der Waals surface area contributed by atoms with E-state index in [0.717, 1.165) is 0 Å². The van der Waals surface area contributed by atoms with Crippen molar-refractivity contribution < 1.29 is 10.8 Å². The molecule has 2 nitrogen and oxygen atoms in total. The molecule has 0 aliphatic carbocycles. The summed E-state index contributed by atoms with van der Waals surface area (Å²) in [5.74, 6) is 0. The molecule has 1 atom stereocenters. The van der Waals surface area contributed by atoms with Gasteiger partial charge in [-0.25, -0.2) is 0 Å². The van der Waals surface area contributed by atoms with Crippen molar-refractivity contribution in [3.63, 3.8) is 0 Å². The van der Waals surface area contributed by atoms with Crippen molar-refractivity contribution in [3.05, 3.63) is 0 Å². The van der Waals surface area contributed by atoms with Crippen LogP contribution in [0.25, 0.3) is 0 Å². The van der Waals surface area contributed by atoms with Gasteiger partial charge in [-0.1, -0.05) is 0 Å². The van der Waals surface area contributed by atoms with Gasteiger partial charge in [-0.15, -0.1) is 0 Å². The van der Waals surface area contributed by atoms with Crippen LogP contribution in [0.5, 0.6) is 0 Å². The van der Waals surface area contributed by atoms with Crippen molar-refractivity contribution in [1.29, 1.82) is 0 Å². The van der Waals surface area contributed by atoms with E-state index in [-0.39, 0.29) is 0 Å². The Morgan fingerprint density at radius 1 is 2.00 bits per heavy atom. The number of quaternary nitrogens is 1. The molecule has 4 heavy (non-hydrogen) atoms. The third-order valence-electron chi connectivity index (χ3n) is 0. The Kier molecular flexibility index (Phi) is 1.24. The van der Waals surface area contributed by atoms with Crippen LogP contribution in [0.3, 0.4) is 0 Å². The first-order valence-electron chi connectivity index (χ1n) is 1.22. The average molecular weight is 61.1 g/mol. The average Bonchev–Trinajstić information content (AvgIpc) is 0.811. The molecule has 0 aromatic rings. The Hall–Kier alpha value is -0.0800. The zero-order valence-corrected chi connectivity index (χ0v) is 2.69. The Balaban J connectivity index is 2.32. The molecule has 0 rings (SSSR count). The molecule has 0 bridgehead atoms. The summed E-state index contributed by atoms with van der Waals surface area (Å²) in [5.41, 5.74) is 3.08. The lowest BCUT2D eigenvalue weighted by atomic mass is 10.7. The first kappa shape index (κ1) is 3.92. The van der Waals surface area contributed by atoms with Crippen molar-refractivity contribution in [1.82, 2.24) is 0 Å². The summed E-state index contributed by atoms with van der Waals surface area (Å²) >= 11 is 0. The van der Waals surface area contributed by atoms with Crippen molar-refractivity contribution in [2.75, 3.05) is 0 Å². The van der Waals surface area contributed by atoms with Gasteiger partial charge in [-0.3, -0.25) is 0 Å². The molecule has 0 saturated carbocycles. The minimum atomic E-state index is -0.667. The van der Waals surface area contributed by atoms with Crippen LogP contribution in [0.1, 0.15) is 6.92 Å². The summed E-state index contributed by atoms with van der Waals surface area (Å²) in [6, 6.07) is 0. The van der Waals surface area contributed by atoms with Crippen LogP contribution in [0.15, 0.2) is 0 Å². The Morgan fingerprint density at radius 2 is 2.00 bits per heavy atom. The summed E-state index contributed by atoms with van der Waals surface area (Å²) in [7, 11) is 0. The number of rotatable bonds is 0. The summed E-state index contributed by atoms with van der Waals surface area (Å²) in [5, 5.41) is 9.42. The van der Waals surface area contributed by atoms with Gasteiger partial charge in [0.2, 0.25) is 0 Å². The third kappa shape index (κ3) is 254. The molecule has 0 spiro atoms. The van der Waals surface area contributed by atoms with E-state index in [1.54, 1.807) is 0 Å². The van der Waals surface area contributed by atoms with Crippen LogP contribution >= 0.6 is 0 Å². The maximum atomic E-state index is 9.42. The molecule has 0 amide bonds. The number of hydrogen-bond donors (Lipinski definition) is 1. The molecule has 0 saturated heterocycles. The summed E-state index contributed by atoms with van der Waals surface area (Å²) in [6.07, 6.45) is -0.667. The Labute approximate surface area is 25.2 Å². The van der Waals surface area contributed by atoms with Crippen LogP contribution in [0.4, 0.5) is 0 Å². The van der Waals surface area contributed by atoms with Gasteiger partial charge in [0.25, 0.3) is 0 Å². The van der Waals surface area contributed by atoms with E-state index < -0.39 is 6.23 Å². The van der Waals surface area contributed by atoms with E-state index in [1.807, 2.05) is 0 Å². The largest absolute Gasteiger partial charge is 0.807 e. The molecule has 0 aliphatic heterocycles. The minimum Gasteiger partial charge on any atom is -0.807 e. The second kappa shape index (κ2) is 1.26. The van der Waals surface area contributed by atoms with Crippen molar-refractivity contribution >= 4 is 0 Å². The van der Waals surface area contributed by atoms with Crippen molar-refractivity contribution in [2.24, 2.45) is 0 Å². The molecule has 3 N–H and O–H groups in total. The first-order valence-corrected chi connectivity index (χ1v) is 1.22. The molecular weight excluding hydrogens is 54.0 g/mol. The van der Waals surface area contributed by atoms with Crippen LogP contribution < -0.4 is 10.8 Å². The molecular formula is C2H7NO. The highest BCUT2D eigenvalue weighted by Crippen LogP contribution is 1.34. The lowest BCUT2D eigenvalue weighted by molar-refractivity contribution is -0.651. The van der Waals surface area contributed by atoms with E-state index in [9.17, 15) is 5.11 Å². The smallest absolute Gasteiger partial charge is 0.0133 e. The lowest BCUT2D eigenvalue weighted by Gasteiger charge is -1.98. The monoisotopic (exact) mass is 61.1 g/mol. The second-order valence-electron chi connectivity index (χ2n) is 0.811. The third-order valence-corrected chi connectivity index (χ3v) is 0. The van der Waals surface area contributed by atoms with Gasteiger partial charge in [0.05, 0.1) is 0 Å². The van der Waals surface area contributed by atoms with Gasteiger partial charge in [-0.05, 0) is 6.92 Å². The van der Waals surface area contributed by atoms with Crippen LogP contribution in [0.2, 0.25) is 0 Å². The minimum absolute atomic E-state index is 0.667. The molecule has 26 valence electrons. The van der Waals surface area contributed by atoms with Gasteiger partial charge in [-0.2, -0.15) is 0 Å². The van der Waals surface area contributed by atoms with E-state index in [2.05, 4.69) is 5.73 Å². The molecule has 0 aliphatic rings. The van der Waals surface area contributed by atoms with Gasteiger partial charge < -0.3 is 10.8 Å². The van der Waals surface area contributed by atoms with E-state index >= 15 is 0 Å². The highest BCUT2D eigenvalue weighted by Gasteiger charge is 1.57. The lowest BCUT2D eigenvalue weighted by Crippen LogP contribution is -2.66. The van der Waals surface area contributed by atoms with Crippen molar-refractivity contribution in [2.45, 2.75) is 13.2 Å². The topological polar surface area (TPSA) is 50.7 Å². The van der Waals surface area contributed by atoms with Gasteiger partial charge >= 0.3 is 0 Å². The Bertz CT molecular complexity index is 10.8. The molecule has 0 aromatic carbocycles. The zero-order chi connectivity index (χ0) is 3.58. The molecule has 2 heteroatoms. The van der Waals surface area contributed by atoms with Crippen molar-refractivity contribution in [3.8, 4) is 0 Å². The van der Waals surface area contributed by atoms with E-state index in [4.69, 9.17) is 0 Å². The Morgan fingerprint density at radius 3 is 2.00 bits per heavy atom. The van der Waals surface area contributed by atoms with E-state index in [0.29, 0.717) is 0 Å². The summed E-state index contributed by atoms with van der Waals surface area (Å²) in [6.45, 7) is 1.50. The van der Waals surface area contributed by atoms with Gasteiger partial charge in [0.1, 0.15) is 0 Å². The van der Waals surface area contributed by atoms with Crippen LogP contribution in [-0.4, -0.2) is 6.23 Å². The predicted octanol–water partition coefficient (Wildman–Crippen LogP) is -2.07. The van der Waals surface area contributed by atoms with Gasteiger partial charge in [0.15, 0.2) is 0 Å². The van der Waals surface area contributed by atoms with E-state index in [1.165, 1.54) is 6.92 Å². The maximum Gasteiger partial charge on any atom is 0.0133 e. The maximum absolute atomic E-state index is 9.42. The molecule has 1 unspecified atom stereocenters. The molecule has 0 heterocycles. The fourth-order valence-electron chi connectivity index (χ4n) is 0. The molecule has 0 radical (unpaired) electrons. The fourth-order valence-corrected chi connectivity index (χ4v) is 0. The molecule has 0 fully saturated rings. The highest BCUT2D eigenvalue weighted by molar-refractivity contribution is 3.94. The van der Waals surface area contributed by atoms with Crippen LogP contribution in [0, 0.1) is 0 Å². The zero-order valence-electron chi connectivity index (χ0n) is 2.69. The number of hydrogen-bond acceptors (Lipinski definition) is 1. The quantitative estimate of drug-likeness (QED) is 0.321. The van der Waals surface area contributed by atoms with Crippen LogP contribution in [-0.2, 0) is 0 Å². The fraction of sp³-hybridized carbons (Fsp3) is 1.00. The standard InChI is InChI=1S/C2H6NO/c1-2(3)4/h2H,3H2,1H3/q-1/p+1. The highest BCUT2D eigenvalue weighted by atomic mass is 16.3.